The maximum absolute atomic E-state index is 4.35. The molecule has 14 heavy (non-hydrogen) atoms. The molecule has 0 aromatic carbocycles. The number of pyridine rings is 1. The second-order valence-electron chi connectivity index (χ2n) is 4.03. The van der Waals surface area contributed by atoms with E-state index in [0.29, 0.717) is 6.04 Å². The molecule has 0 bridgehead atoms. The summed E-state index contributed by atoms with van der Waals surface area (Å²) < 4.78 is 1.00. The molecule has 0 unspecified atom stereocenters. The van der Waals surface area contributed by atoms with Gasteiger partial charge in [0.25, 0.3) is 0 Å². The minimum atomic E-state index is 0.553. The van der Waals surface area contributed by atoms with E-state index in [-0.39, 0.29) is 0 Å². The number of aryl methyl sites for hydroxylation is 1. The first kappa shape index (κ1) is 10.1. The Bertz CT molecular complexity index is 338. The van der Waals surface area contributed by atoms with Crippen LogP contribution in [0.15, 0.2) is 16.9 Å². The summed E-state index contributed by atoms with van der Waals surface area (Å²) in [6, 6.07) is 2.79. The van der Waals surface area contributed by atoms with Crippen molar-refractivity contribution in [1.82, 2.24) is 9.88 Å². The maximum atomic E-state index is 4.35. The molecule has 1 aliphatic heterocycles. The van der Waals surface area contributed by atoms with E-state index in [2.05, 4.69) is 45.9 Å². The van der Waals surface area contributed by atoms with Crippen LogP contribution in [0, 0.1) is 6.92 Å². The van der Waals surface area contributed by atoms with E-state index >= 15 is 0 Å². The third kappa shape index (κ3) is 1.84. The van der Waals surface area contributed by atoms with E-state index in [4.69, 9.17) is 0 Å². The van der Waals surface area contributed by atoms with E-state index in [1.807, 2.05) is 6.20 Å². The minimum Gasteiger partial charge on any atom is -0.299 e. The molecule has 1 aromatic rings. The molecule has 2 rings (SSSR count). The Morgan fingerprint density at radius 3 is 3.00 bits per heavy atom. The van der Waals surface area contributed by atoms with Gasteiger partial charge >= 0.3 is 0 Å². The molecule has 0 N–H and O–H groups in total. The molecule has 1 aromatic heterocycles. The number of hydrogen-bond acceptors (Lipinski definition) is 2. The molecule has 0 aliphatic carbocycles. The van der Waals surface area contributed by atoms with Crippen molar-refractivity contribution in [3.05, 3.63) is 28.0 Å². The van der Waals surface area contributed by atoms with Gasteiger partial charge in [0, 0.05) is 17.8 Å². The Kier molecular flexibility index (Phi) is 2.88. The molecule has 1 aliphatic rings. The van der Waals surface area contributed by atoms with Crippen LogP contribution in [0.5, 0.6) is 0 Å². The van der Waals surface area contributed by atoms with E-state index in [1.54, 1.807) is 0 Å². The fourth-order valence-corrected chi connectivity index (χ4v) is 2.59. The predicted molar refractivity (Wildman–Crippen MR) is 61.3 cm³/mol. The van der Waals surface area contributed by atoms with Crippen molar-refractivity contribution in [2.45, 2.75) is 25.8 Å². The van der Waals surface area contributed by atoms with Crippen molar-refractivity contribution in [2.75, 3.05) is 13.6 Å². The molecule has 76 valence electrons. The Morgan fingerprint density at radius 1 is 1.57 bits per heavy atom. The molecule has 1 fully saturated rings. The third-order valence-electron chi connectivity index (χ3n) is 2.88. The fraction of sp³-hybridized carbons (Fsp3) is 0.545. The Labute approximate surface area is 93.5 Å². The highest BCUT2D eigenvalue weighted by molar-refractivity contribution is 9.10. The van der Waals surface area contributed by atoms with Crippen LogP contribution >= 0.6 is 15.9 Å². The lowest BCUT2D eigenvalue weighted by molar-refractivity contribution is 0.316. The molecule has 2 heterocycles. The van der Waals surface area contributed by atoms with Crippen molar-refractivity contribution in [3.63, 3.8) is 0 Å². The van der Waals surface area contributed by atoms with Gasteiger partial charge in [-0.25, -0.2) is 4.98 Å². The highest BCUT2D eigenvalue weighted by Crippen LogP contribution is 2.33. The van der Waals surface area contributed by atoms with E-state index < -0.39 is 0 Å². The van der Waals surface area contributed by atoms with Gasteiger partial charge in [0.05, 0.1) is 0 Å². The molecular formula is C11H15BrN2. The van der Waals surface area contributed by atoms with Crippen molar-refractivity contribution in [1.29, 1.82) is 0 Å². The highest BCUT2D eigenvalue weighted by Gasteiger charge is 2.24. The van der Waals surface area contributed by atoms with E-state index in [9.17, 15) is 0 Å². The number of hydrogen-bond donors (Lipinski definition) is 0. The average Bonchev–Trinajstić information content (AvgIpc) is 2.56. The molecule has 0 amide bonds. The van der Waals surface area contributed by atoms with Crippen LogP contribution < -0.4 is 0 Å². The van der Waals surface area contributed by atoms with Crippen LogP contribution in [0.4, 0.5) is 0 Å². The monoisotopic (exact) mass is 254 g/mol. The van der Waals surface area contributed by atoms with Crippen LogP contribution in [0.2, 0.25) is 0 Å². The summed E-state index contributed by atoms with van der Waals surface area (Å²) in [6.45, 7) is 3.29. The molecule has 0 radical (unpaired) electrons. The van der Waals surface area contributed by atoms with E-state index in [0.717, 1.165) is 4.60 Å². The lowest BCUT2D eigenvalue weighted by Gasteiger charge is -2.20. The van der Waals surface area contributed by atoms with Crippen molar-refractivity contribution >= 4 is 15.9 Å². The topological polar surface area (TPSA) is 16.1 Å². The first-order chi connectivity index (χ1) is 6.68. The fourth-order valence-electron chi connectivity index (χ4n) is 2.11. The number of likely N-dealkylation sites (tertiary alicyclic amines) is 1. The smallest absolute Gasteiger partial charge is 0.110 e. The van der Waals surface area contributed by atoms with Crippen LogP contribution in [-0.2, 0) is 0 Å². The molecule has 2 nitrogen and oxygen atoms in total. The van der Waals surface area contributed by atoms with Crippen LogP contribution in [0.1, 0.15) is 30.0 Å². The van der Waals surface area contributed by atoms with Gasteiger partial charge in [-0.05, 0) is 54.9 Å². The quantitative estimate of drug-likeness (QED) is 0.717. The summed E-state index contributed by atoms with van der Waals surface area (Å²) in [5, 5.41) is 0. The summed E-state index contributed by atoms with van der Waals surface area (Å²) in [5.41, 5.74) is 2.58. The summed E-state index contributed by atoms with van der Waals surface area (Å²) in [4.78, 5) is 6.75. The van der Waals surface area contributed by atoms with Crippen LogP contribution in [0.3, 0.4) is 0 Å². The first-order valence-electron chi connectivity index (χ1n) is 5.01. The molecule has 0 spiro atoms. The van der Waals surface area contributed by atoms with Gasteiger partial charge in [-0.15, -0.1) is 0 Å². The lowest BCUT2D eigenvalue weighted by Crippen LogP contribution is -2.18. The Hall–Kier alpha value is -0.410. The molecule has 1 saturated heterocycles. The van der Waals surface area contributed by atoms with E-state index in [1.165, 1.54) is 30.5 Å². The maximum Gasteiger partial charge on any atom is 0.110 e. The lowest BCUT2D eigenvalue weighted by atomic mass is 10.1. The predicted octanol–water partition coefficient (Wildman–Crippen LogP) is 2.92. The second-order valence-corrected chi connectivity index (χ2v) is 4.78. The number of aromatic nitrogens is 1. The zero-order valence-electron chi connectivity index (χ0n) is 8.63. The highest BCUT2D eigenvalue weighted by atomic mass is 79.9. The largest absolute Gasteiger partial charge is 0.299 e. The molecule has 1 atom stereocenters. The van der Waals surface area contributed by atoms with Gasteiger partial charge < -0.3 is 0 Å². The Morgan fingerprint density at radius 2 is 2.36 bits per heavy atom. The standard InChI is InChI=1S/C11H15BrN2/c1-8-6-9(11(12)13-7-8)10-4-3-5-14(10)2/h6-7,10H,3-5H2,1-2H3/t10-/m0/s1. The van der Waals surface area contributed by atoms with Gasteiger partial charge in [0.1, 0.15) is 4.60 Å². The van der Waals surface area contributed by atoms with Gasteiger partial charge in [0.15, 0.2) is 0 Å². The van der Waals surface area contributed by atoms with Gasteiger partial charge in [0.2, 0.25) is 0 Å². The Balaban J connectivity index is 2.34. The summed E-state index contributed by atoms with van der Waals surface area (Å²) in [7, 11) is 2.19. The minimum absolute atomic E-state index is 0.553. The third-order valence-corrected chi connectivity index (χ3v) is 3.54. The number of rotatable bonds is 1. The SMILES string of the molecule is Cc1cnc(Br)c([C@@H]2CCCN2C)c1. The van der Waals surface area contributed by atoms with Crippen molar-refractivity contribution in [3.8, 4) is 0 Å². The number of halogens is 1. The second kappa shape index (κ2) is 3.99. The molecule has 0 saturated carbocycles. The van der Waals surface area contributed by atoms with Crippen LogP contribution in [-0.4, -0.2) is 23.5 Å². The summed E-state index contributed by atoms with van der Waals surface area (Å²) in [6.07, 6.45) is 4.45. The average molecular weight is 255 g/mol. The first-order valence-corrected chi connectivity index (χ1v) is 5.80. The van der Waals surface area contributed by atoms with Gasteiger partial charge in [-0.3, -0.25) is 4.90 Å². The summed E-state index contributed by atoms with van der Waals surface area (Å²) >= 11 is 3.53. The molecule has 3 heteroatoms. The zero-order valence-corrected chi connectivity index (χ0v) is 10.2. The van der Waals surface area contributed by atoms with Crippen molar-refractivity contribution < 1.29 is 0 Å². The van der Waals surface area contributed by atoms with Crippen LogP contribution in [0.25, 0.3) is 0 Å². The van der Waals surface area contributed by atoms with Gasteiger partial charge in [-0.2, -0.15) is 0 Å². The number of nitrogens with zero attached hydrogens (tertiary/aromatic N) is 2. The van der Waals surface area contributed by atoms with Gasteiger partial charge in [-0.1, -0.05) is 6.07 Å². The van der Waals surface area contributed by atoms with Crippen molar-refractivity contribution in [2.24, 2.45) is 0 Å². The zero-order chi connectivity index (χ0) is 10.1. The summed E-state index contributed by atoms with van der Waals surface area (Å²) in [5.74, 6) is 0. The normalized spacial score (nSPS) is 22.9. The molecular weight excluding hydrogens is 240 g/mol.